The van der Waals surface area contributed by atoms with Crippen LogP contribution in [0.1, 0.15) is 11.5 Å². The minimum Gasteiger partial charge on any atom is -0.497 e. The molecule has 0 spiro atoms. The van der Waals surface area contributed by atoms with E-state index in [2.05, 4.69) is 15.0 Å². The molecule has 1 aliphatic rings. The molecule has 0 saturated carbocycles. The highest BCUT2D eigenvalue weighted by molar-refractivity contribution is 6.42. The van der Waals surface area contributed by atoms with Crippen LogP contribution >= 0.6 is 23.2 Å². The quantitative estimate of drug-likeness (QED) is 0.494. The van der Waals surface area contributed by atoms with Gasteiger partial charge in [0, 0.05) is 37.8 Å². The Labute approximate surface area is 196 Å². The number of amides is 1. The van der Waals surface area contributed by atoms with Gasteiger partial charge >= 0.3 is 0 Å². The Hall–Kier alpha value is -2.87. The summed E-state index contributed by atoms with van der Waals surface area (Å²) in [5.74, 6) is 1.81. The molecule has 7 nitrogen and oxygen atoms in total. The number of hydrogen-bond acceptors (Lipinski definition) is 6. The zero-order valence-electron chi connectivity index (χ0n) is 17.5. The summed E-state index contributed by atoms with van der Waals surface area (Å²) in [6.07, 6.45) is 3.23. The van der Waals surface area contributed by atoms with E-state index < -0.39 is 0 Å². The molecule has 1 aliphatic heterocycles. The summed E-state index contributed by atoms with van der Waals surface area (Å²) >= 11 is 12.2. The summed E-state index contributed by atoms with van der Waals surface area (Å²) in [5, 5.41) is 4.97. The van der Waals surface area contributed by atoms with Gasteiger partial charge in [-0.15, -0.1) is 0 Å². The van der Waals surface area contributed by atoms with Gasteiger partial charge in [-0.2, -0.15) is 4.98 Å². The van der Waals surface area contributed by atoms with Gasteiger partial charge in [0.05, 0.1) is 23.7 Å². The topological polar surface area (TPSA) is 71.7 Å². The van der Waals surface area contributed by atoms with Crippen molar-refractivity contribution in [2.75, 3.05) is 33.3 Å². The van der Waals surface area contributed by atoms with Crippen LogP contribution in [0.5, 0.6) is 5.75 Å². The third kappa shape index (κ3) is 5.30. The largest absolute Gasteiger partial charge is 0.497 e. The maximum absolute atomic E-state index is 12.5. The van der Waals surface area contributed by atoms with Crippen LogP contribution in [0.25, 0.3) is 17.5 Å². The first-order valence-corrected chi connectivity index (χ1v) is 10.9. The number of ether oxygens (including phenoxy) is 1. The third-order valence-electron chi connectivity index (χ3n) is 5.25. The summed E-state index contributed by atoms with van der Waals surface area (Å²) in [6.45, 7) is 3.21. The summed E-state index contributed by atoms with van der Waals surface area (Å²) in [6, 6.07) is 12.8. The van der Waals surface area contributed by atoms with E-state index in [1.807, 2.05) is 35.2 Å². The minimum atomic E-state index is -0.0553. The average Bonchev–Trinajstić information content (AvgIpc) is 3.29. The van der Waals surface area contributed by atoms with Crippen molar-refractivity contribution in [2.24, 2.45) is 0 Å². The van der Waals surface area contributed by atoms with Crippen LogP contribution in [0, 0.1) is 0 Å². The van der Waals surface area contributed by atoms with Crippen molar-refractivity contribution in [3.63, 3.8) is 0 Å². The monoisotopic (exact) mass is 472 g/mol. The molecule has 0 N–H and O–H groups in total. The standard InChI is InChI=1S/C23H22Cl2N4O3/c1-31-18-8-5-17(6-9-18)23-26-20(32-27-23)15-28-11-13-29(14-12-28)21(30)10-7-16-3-2-4-19(24)22(16)25/h2-10H,11-15H2,1H3/b10-7+. The molecule has 32 heavy (non-hydrogen) atoms. The number of halogens is 2. The van der Waals surface area contributed by atoms with Gasteiger partial charge in [0.15, 0.2) is 0 Å². The zero-order chi connectivity index (χ0) is 22.5. The maximum atomic E-state index is 12.5. The normalized spacial score (nSPS) is 14.8. The fourth-order valence-electron chi connectivity index (χ4n) is 3.41. The van der Waals surface area contributed by atoms with Gasteiger partial charge in [0.2, 0.25) is 17.6 Å². The number of carbonyl (C=O) groups is 1. The number of benzene rings is 2. The SMILES string of the molecule is COc1ccc(-c2noc(CN3CCN(C(=O)/C=C/c4cccc(Cl)c4Cl)CC3)n2)cc1. The lowest BCUT2D eigenvalue weighted by molar-refractivity contribution is -0.127. The van der Waals surface area contributed by atoms with E-state index in [4.69, 9.17) is 32.5 Å². The molecular weight excluding hydrogens is 451 g/mol. The molecule has 3 aromatic rings. The first kappa shape index (κ1) is 22.3. The van der Waals surface area contributed by atoms with Gasteiger partial charge in [-0.05, 0) is 42.0 Å². The number of piperazine rings is 1. The Morgan fingerprint density at radius 1 is 1.12 bits per heavy atom. The Morgan fingerprint density at radius 2 is 1.88 bits per heavy atom. The molecule has 1 saturated heterocycles. The number of hydrogen-bond donors (Lipinski definition) is 0. The summed E-state index contributed by atoms with van der Waals surface area (Å²) in [7, 11) is 1.62. The van der Waals surface area contributed by atoms with E-state index in [1.54, 1.807) is 25.3 Å². The summed E-state index contributed by atoms with van der Waals surface area (Å²) in [5.41, 5.74) is 1.58. The van der Waals surface area contributed by atoms with E-state index in [0.29, 0.717) is 41.4 Å². The van der Waals surface area contributed by atoms with Gasteiger partial charge in [0.1, 0.15) is 5.75 Å². The van der Waals surface area contributed by atoms with E-state index in [1.165, 1.54) is 6.08 Å². The summed E-state index contributed by atoms with van der Waals surface area (Å²) in [4.78, 5) is 21.0. The lowest BCUT2D eigenvalue weighted by Gasteiger charge is -2.33. The third-order valence-corrected chi connectivity index (χ3v) is 6.08. The van der Waals surface area contributed by atoms with Crippen molar-refractivity contribution in [3.05, 3.63) is 70.0 Å². The molecule has 1 fully saturated rings. The molecule has 0 radical (unpaired) electrons. The van der Waals surface area contributed by atoms with Crippen molar-refractivity contribution in [3.8, 4) is 17.1 Å². The Kier molecular flexibility index (Phi) is 7.09. The highest BCUT2D eigenvalue weighted by atomic mass is 35.5. The lowest BCUT2D eigenvalue weighted by atomic mass is 10.2. The van der Waals surface area contributed by atoms with Gasteiger partial charge in [-0.25, -0.2) is 0 Å². The van der Waals surface area contributed by atoms with Crippen LogP contribution in [-0.2, 0) is 11.3 Å². The first-order chi connectivity index (χ1) is 15.5. The molecule has 1 aromatic heterocycles. The molecule has 0 aliphatic carbocycles. The molecule has 1 amide bonds. The van der Waals surface area contributed by atoms with Crippen LogP contribution in [0.2, 0.25) is 10.0 Å². The van der Waals surface area contributed by atoms with Crippen LogP contribution in [0.3, 0.4) is 0 Å². The molecular formula is C23H22Cl2N4O3. The number of carbonyl (C=O) groups excluding carboxylic acids is 1. The molecule has 0 bridgehead atoms. The summed E-state index contributed by atoms with van der Waals surface area (Å²) < 4.78 is 10.6. The fraction of sp³-hybridized carbons (Fsp3) is 0.261. The minimum absolute atomic E-state index is 0.0553. The number of methoxy groups -OCH3 is 1. The van der Waals surface area contributed by atoms with Crippen LogP contribution in [0.4, 0.5) is 0 Å². The molecule has 0 unspecified atom stereocenters. The Morgan fingerprint density at radius 3 is 2.59 bits per heavy atom. The predicted molar refractivity (Wildman–Crippen MR) is 124 cm³/mol. The van der Waals surface area contributed by atoms with Crippen molar-refractivity contribution >= 4 is 35.2 Å². The maximum Gasteiger partial charge on any atom is 0.246 e. The van der Waals surface area contributed by atoms with Gasteiger partial charge in [0.25, 0.3) is 0 Å². The zero-order valence-corrected chi connectivity index (χ0v) is 19.0. The van der Waals surface area contributed by atoms with E-state index in [0.717, 1.165) is 30.0 Å². The van der Waals surface area contributed by atoms with Crippen molar-refractivity contribution in [2.45, 2.75) is 6.54 Å². The van der Waals surface area contributed by atoms with Gasteiger partial charge < -0.3 is 14.2 Å². The van der Waals surface area contributed by atoms with E-state index >= 15 is 0 Å². The van der Waals surface area contributed by atoms with Crippen molar-refractivity contribution in [1.82, 2.24) is 19.9 Å². The highest BCUT2D eigenvalue weighted by Gasteiger charge is 2.21. The molecule has 9 heteroatoms. The predicted octanol–water partition coefficient (Wildman–Crippen LogP) is 4.41. The molecule has 166 valence electrons. The van der Waals surface area contributed by atoms with Crippen LogP contribution < -0.4 is 4.74 Å². The van der Waals surface area contributed by atoms with Crippen LogP contribution in [-0.4, -0.2) is 59.1 Å². The number of rotatable bonds is 6. The van der Waals surface area contributed by atoms with Crippen molar-refractivity contribution in [1.29, 1.82) is 0 Å². The van der Waals surface area contributed by atoms with Gasteiger partial charge in [-0.1, -0.05) is 40.5 Å². The fourth-order valence-corrected chi connectivity index (χ4v) is 3.78. The second-order valence-electron chi connectivity index (χ2n) is 7.32. The van der Waals surface area contributed by atoms with E-state index in [-0.39, 0.29) is 5.91 Å². The second kappa shape index (κ2) is 10.2. The van der Waals surface area contributed by atoms with E-state index in [9.17, 15) is 4.79 Å². The first-order valence-electron chi connectivity index (χ1n) is 10.1. The van der Waals surface area contributed by atoms with Gasteiger partial charge in [-0.3, -0.25) is 9.69 Å². The van der Waals surface area contributed by atoms with Crippen molar-refractivity contribution < 1.29 is 14.1 Å². The molecule has 0 atom stereocenters. The second-order valence-corrected chi connectivity index (χ2v) is 8.10. The average molecular weight is 473 g/mol. The molecule has 2 aromatic carbocycles. The number of aromatic nitrogens is 2. The number of nitrogens with zero attached hydrogens (tertiary/aromatic N) is 4. The van der Waals surface area contributed by atoms with Crippen LogP contribution in [0.15, 0.2) is 53.1 Å². The smallest absolute Gasteiger partial charge is 0.246 e. The Bertz CT molecular complexity index is 1110. The molecule has 2 heterocycles. The lowest BCUT2D eigenvalue weighted by Crippen LogP contribution is -2.47. The molecule has 4 rings (SSSR count). The highest BCUT2D eigenvalue weighted by Crippen LogP contribution is 2.26. The Balaban J connectivity index is 1.29.